The molecule has 0 atom stereocenters. The lowest BCUT2D eigenvalue weighted by Crippen LogP contribution is -2.31. The largest absolute Gasteiger partial charge is 0.320 e. The summed E-state index contributed by atoms with van der Waals surface area (Å²) in [5.41, 5.74) is 5.60. The second-order valence-electron chi connectivity index (χ2n) is 4.35. The Morgan fingerprint density at radius 2 is 2.10 bits per heavy atom. The van der Waals surface area contributed by atoms with E-state index in [2.05, 4.69) is 16.6 Å². The SMILES string of the molecule is CN(C)CCNS(=O)(=O)c1ccc(C#CCN)cc1F. The molecule has 1 aromatic carbocycles. The molecule has 7 heteroatoms. The third-order valence-corrected chi connectivity index (χ3v) is 3.90. The first-order valence-electron chi connectivity index (χ1n) is 5.99. The van der Waals surface area contributed by atoms with Crippen LogP contribution >= 0.6 is 0 Å². The van der Waals surface area contributed by atoms with Gasteiger partial charge in [-0.3, -0.25) is 0 Å². The van der Waals surface area contributed by atoms with E-state index < -0.39 is 15.8 Å². The van der Waals surface area contributed by atoms with Gasteiger partial charge in [-0.05, 0) is 32.3 Å². The van der Waals surface area contributed by atoms with Crippen LogP contribution in [0.25, 0.3) is 0 Å². The van der Waals surface area contributed by atoms with Crippen molar-refractivity contribution in [1.29, 1.82) is 0 Å². The number of nitrogens with zero attached hydrogens (tertiary/aromatic N) is 1. The molecule has 0 aliphatic carbocycles. The number of halogens is 1. The minimum absolute atomic E-state index is 0.160. The molecule has 20 heavy (non-hydrogen) atoms. The molecule has 0 radical (unpaired) electrons. The highest BCUT2D eigenvalue weighted by molar-refractivity contribution is 7.89. The van der Waals surface area contributed by atoms with E-state index in [1.807, 2.05) is 19.0 Å². The van der Waals surface area contributed by atoms with Gasteiger partial charge in [0.15, 0.2) is 0 Å². The van der Waals surface area contributed by atoms with Crippen LogP contribution in [0.1, 0.15) is 5.56 Å². The molecule has 1 rings (SSSR count). The Kier molecular flexibility index (Phi) is 6.10. The second kappa shape index (κ2) is 7.36. The zero-order chi connectivity index (χ0) is 15.2. The fraction of sp³-hybridized carbons (Fsp3) is 0.385. The van der Waals surface area contributed by atoms with Gasteiger partial charge >= 0.3 is 0 Å². The quantitative estimate of drug-likeness (QED) is 0.749. The fourth-order valence-electron chi connectivity index (χ4n) is 1.43. The van der Waals surface area contributed by atoms with E-state index in [-0.39, 0.29) is 18.0 Å². The highest BCUT2D eigenvalue weighted by atomic mass is 32.2. The Balaban J connectivity index is 2.90. The third kappa shape index (κ3) is 4.90. The van der Waals surface area contributed by atoms with Crippen LogP contribution in [0.15, 0.2) is 23.1 Å². The number of sulfonamides is 1. The van der Waals surface area contributed by atoms with Gasteiger partial charge < -0.3 is 10.6 Å². The van der Waals surface area contributed by atoms with E-state index in [0.29, 0.717) is 12.1 Å². The van der Waals surface area contributed by atoms with Crippen LogP contribution in [0.2, 0.25) is 0 Å². The van der Waals surface area contributed by atoms with E-state index in [1.165, 1.54) is 12.1 Å². The summed E-state index contributed by atoms with van der Waals surface area (Å²) >= 11 is 0. The smallest absolute Gasteiger partial charge is 0.243 e. The summed E-state index contributed by atoms with van der Waals surface area (Å²) in [6.07, 6.45) is 0. The van der Waals surface area contributed by atoms with E-state index in [4.69, 9.17) is 5.73 Å². The first-order valence-corrected chi connectivity index (χ1v) is 7.48. The molecule has 3 N–H and O–H groups in total. The Morgan fingerprint density at radius 3 is 2.65 bits per heavy atom. The van der Waals surface area contributed by atoms with Gasteiger partial charge in [-0.1, -0.05) is 11.8 Å². The van der Waals surface area contributed by atoms with Gasteiger partial charge in [0.05, 0.1) is 6.54 Å². The lowest BCUT2D eigenvalue weighted by Gasteiger charge is -2.11. The van der Waals surface area contributed by atoms with E-state index in [9.17, 15) is 12.8 Å². The summed E-state index contributed by atoms with van der Waals surface area (Å²) in [4.78, 5) is 1.44. The zero-order valence-electron chi connectivity index (χ0n) is 11.5. The monoisotopic (exact) mass is 299 g/mol. The Hall–Kier alpha value is -1.46. The normalized spacial score (nSPS) is 11.2. The van der Waals surface area contributed by atoms with Gasteiger partial charge in [0.25, 0.3) is 0 Å². The van der Waals surface area contributed by atoms with Gasteiger partial charge in [-0.25, -0.2) is 17.5 Å². The first kappa shape index (κ1) is 16.6. The minimum atomic E-state index is -3.85. The molecule has 0 spiro atoms. The molecule has 0 bridgehead atoms. The van der Waals surface area contributed by atoms with Crippen LogP contribution in [0.4, 0.5) is 4.39 Å². The highest BCUT2D eigenvalue weighted by Crippen LogP contribution is 2.15. The third-order valence-electron chi connectivity index (χ3n) is 2.41. The van der Waals surface area contributed by atoms with Crippen molar-refractivity contribution < 1.29 is 12.8 Å². The van der Waals surface area contributed by atoms with Crippen LogP contribution in [0.5, 0.6) is 0 Å². The molecule has 0 aliphatic rings. The van der Waals surface area contributed by atoms with Crippen molar-refractivity contribution in [1.82, 2.24) is 9.62 Å². The number of hydrogen-bond acceptors (Lipinski definition) is 4. The highest BCUT2D eigenvalue weighted by Gasteiger charge is 2.18. The van der Waals surface area contributed by atoms with Gasteiger partial charge in [0.1, 0.15) is 10.7 Å². The lowest BCUT2D eigenvalue weighted by molar-refractivity contribution is 0.412. The fourth-order valence-corrected chi connectivity index (χ4v) is 2.51. The average Bonchev–Trinajstić information content (AvgIpc) is 2.35. The van der Waals surface area contributed by atoms with Gasteiger partial charge in [0.2, 0.25) is 10.0 Å². The second-order valence-corrected chi connectivity index (χ2v) is 6.09. The van der Waals surface area contributed by atoms with E-state index in [1.54, 1.807) is 0 Å². The molecule has 0 aromatic heterocycles. The molecule has 0 saturated carbocycles. The van der Waals surface area contributed by atoms with Crippen molar-refractivity contribution in [3.63, 3.8) is 0 Å². The first-order chi connectivity index (χ1) is 9.36. The van der Waals surface area contributed by atoms with Gasteiger partial charge in [0, 0.05) is 18.7 Å². The molecular formula is C13H18FN3O2S. The minimum Gasteiger partial charge on any atom is -0.320 e. The van der Waals surface area contributed by atoms with Crippen molar-refractivity contribution in [2.45, 2.75) is 4.90 Å². The summed E-state index contributed by atoms with van der Waals surface area (Å²) in [6, 6.07) is 3.74. The van der Waals surface area contributed by atoms with Crippen LogP contribution in [0.3, 0.4) is 0 Å². The molecule has 0 aliphatic heterocycles. The van der Waals surface area contributed by atoms with Crippen molar-refractivity contribution in [3.05, 3.63) is 29.6 Å². The molecule has 0 heterocycles. The van der Waals surface area contributed by atoms with Gasteiger partial charge in [-0.15, -0.1) is 0 Å². The van der Waals surface area contributed by atoms with Crippen molar-refractivity contribution in [2.24, 2.45) is 5.73 Å². The number of rotatable bonds is 5. The Bertz CT molecular complexity index is 618. The average molecular weight is 299 g/mol. The molecule has 110 valence electrons. The maximum absolute atomic E-state index is 13.8. The lowest BCUT2D eigenvalue weighted by atomic mass is 10.2. The number of hydrogen-bond donors (Lipinski definition) is 2. The summed E-state index contributed by atoms with van der Waals surface area (Å²) in [7, 11) is -0.210. The predicted octanol–water partition coefficient (Wildman–Crippen LogP) is -0.0242. The summed E-state index contributed by atoms with van der Waals surface area (Å²) < 4.78 is 40.0. The van der Waals surface area contributed by atoms with Crippen LogP contribution < -0.4 is 10.5 Å². The maximum Gasteiger partial charge on any atom is 0.243 e. The topological polar surface area (TPSA) is 75.4 Å². The molecule has 1 aromatic rings. The Labute approximate surface area is 119 Å². The summed E-state index contributed by atoms with van der Waals surface area (Å²) in [5, 5.41) is 0. The molecular weight excluding hydrogens is 281 g/mol. The molecule has 0 saturated heterocycles. The number of benzene rings is 1. The van der Waals surface area contributed by atoms with Crippen LogP contribution in [0, 0.1) is 17.7 Å². The molecule has 0 unspecified atom stereocenters. The maximum atomic E-state index is 13.8. The van der Waals surface area contributed by atoms with Gasteiger partial charge in [-0.2, -0.15) is 0 Å². The number of nitrogens with one attached hydrogen (secondary N) is 1. The number of likely N-dealkylation sites (N-methyl/N-ethyl adjacent to an activating group) is 1. The summed E-state index contributed by atoms with van der Waals surface area (Å²) in [5.74, 6) is 4.39. The van der Waals surface area contributed by atoms with E-state index >= 15 is 0 Å². The molecule has 5 nitrogen and oxygen atoms in total. The predicted molar refractivity (Wildman–Crippen MR) is 76.1 cm³/mol. The van der Waals surface area contributed by atoms with E-state index in [0.717, 1.165) is 6.07 Å². The number of nitrogens with two attached hydrogens (primary N) is 1. The van der Waals surface area contributed by atoms with Crippen LogP contribution in [-0.2, 0) is 10.0 Å². The van der Waals surface area contributed by atoms with Crippen LogP contribution in [-0.4, -0.2) is 47.0 Å². The zero-order valence-corrected chi connectivity index (χ0v) is 12.3. The van der Waals surface area contributed by atoms with Crippen molar-refractivity contribution in [3.8, 4) is 11.8 Å². The Morgan fingerprint density at radius 1 is 1.40 bits per heavy atom. The molecule has 0 amide bonds. The van der Waals surface area contributed by atoms with Crippen molar-refractivity contribution >= 4 is 10.0 Å². The standard InChI is InChI=1S/C13H18FN3O2S/c1-17(2)9-8-16-20(18,19)13-6-5-11(4-3-7-15)10-12(13)14/h5-6,10,16H,7-9,15H2,1-2H3. The summed E-state index contributed by atoms with van der Waals surface area (Å²) in [6.45, 7) is 0.901. The van der Waals surface area contributed by atoms with Crippen molar-refractivity contribution in [2.75, 3.05) is 33.7 Å². The molecule has 0 fully saturated rings.